The van der Waals surface area contributed by atoms with Gasteiger partial charge >= 0.3 is 12.6 Å². The Morgan fingerprint density at radius 1 is 1.17 bits per heavy atom. The first-order valence-corrected chi connectivity index (χ1v) is 8.90. The highest BCUT2D eigenvalue weighted by atomic mass is 19.3. The van der Waals surface area contributed by atoms with Crippen LogP contribution in [0, 0.1) is 0 Å². The third-order valence-electron chi connectivity index (χ3n) is 4.93. The Labute approximate surface area is 169 Å². The Hall–Kier alpha value is -3.69. The van der Waals surface area contributed by atoms with E-state index >= 15 is 0 Å². The zero-order valence-corrected chi connectivity index (χ0v) is 15.7. The first-order valence-electron chi connectivity index (χ1n) is 8.90. The molecule has 10 heteroatoms. The van der Waals surface area contributed by atoms with Gasteiger partial charge in [-0.25, -0.2) is 4.79 Å². The standard InChI is InChI=1S/C20H16F2N2O6/c1-20(12-3-5-13(6-4-12)30-18(21)22)17(26)24(19(27)23-20)9-14(25)11-2-7-15-16(8-11)29-10-28-15/h2-8,18H,9-10H2,1H3,(H,23,27)/t20-/m1/s1. The highest BCUT2D eigenvalue weighted by molar-refractivity contribution is 6.11. The third kappa shape index (κ3) is 3.40. The van der Waals surface area contributed by atoms with Gasteiger partial charge in [-0.3, -0.25) is 14.5 Å². The molecule has 0 unspecified atom stereocenters. The molecule has 0 radical (unpaired) electrons. The van der Waals surface area contributed by atoms with Gasteiger partial charge < -0.3 is 19.5 Å². The fourth-order valence-corrected chi connectivity index (χ4v) is 3.31. The molecule has 0 bridgehead atoms. The molecule has 2 aromatic carbocycles. The number of urea groups is 1. The lowest BCUT2D eigenvalue weighted by molar-refractivity contribution is -0.130. The van der Waals surface area contributed by atoms with Gasteiger partial charge in [0.2, 0.25) is 6.79 Å². The summed E-state index contributed by atoms with van der Waals surface area (Å²) in [6, 6.07) is 9.20. The number of imide groups is 1. The van der Waals surface area contributed by atoms with Crippen LogP contribution in [0.3, 0.4) is 0 Å². The maximum absolute atomic E-state index is 12.9. The summed E-state index contributed by atoms with van der Waals surface area (Å²) in [4.78, 5) is 38.8. The summed E-state index contributed by atoms with van der Waals surface area (Å²) in [7, 11) is 0. The smallest absolute Gasteiger partial charge is 0.387 e. The number of nitrogens with zero attached hydrogens (tertiary/aromatic N) is 1. The average molecular weight is 418 g/mol. The zero-order valence-electron chi connectivity index (χ0n) is 15.7. The second kappa shape index (κ2) is 7.29. The van der Waals surface area contributed by atoms with E-state index in [-0.39, 0.29) is 18.1 Å². The van der Waals surface area contributed by atoms with Crippen LogP contribution in [0.1, 0.15) is 22.8 Å². The number of Topliss-reactive ketones (excluding diaryl/α,β-unsaturated/α-hetero) is 1. The Balaban J connectivity index is 1.51. The molecular formula is C20H16F2N2O6. The van der Waals surface area contributed by atoms with Crippen molar-refractivity contribution in [3.8, 4) is 17.2 Å². The van der Waals surface area contributed by atoms with E-state index in [4.69, 9.17) is 9.47 Å². The van der Waals surface area contributed by atoms with Crippen molar-refractivity contribution >= 4 is 17.7 Å². The number of fused-ring (bicyclic) bond motifs is 1. The number of rotatable bonds is 6. The number of hydrogen-bond acceptors (Lipinski definition) is 6. The van der Waals surface area contributed by atoms with Gasteiger partial charge in [0.05, 0.1) is 6.54 Å². The van der Waals surface area contributed by atoms with Crippen molar-refractivity contribution in [2.45, 2.75) is 19.1 Å². The van der Waals surface area contributed by atoms with Crippen LogP contribution in [0.25, 0.3) is 0 Å². The molecule has 0 aromatic heterocycles. The quantitative estimate of drug-likeness (QED) is 0.573. The van der Waals surface area contributed by atoms with Crippen molar-refractivity contribution in [2.24, 2.45) is 0 Å². The van der Waals surface area contributed by atoms with Gasteiger partial charge in [0.1, 0.15) is 11.3 Å². The van der Waals surface area contributed by atoms with Gasteiger partial charge in [0.25, 0.3) is 5.91 Å². The van der Waals surface area contributed by atoms with Crippen LogP contribution in [-0.2, 0) is 10.3 Å². The van der Waals surface area contributed by atoms with Crippen molar-refractivity contribution in [3.05, 3.63) is 53.6 Å². The van der Waals surface area contributed by atoms with E-state index in [0.29, 0.717) is 17.1 Å². The lowest BCUT2D eigenvalue weighted by Gasteiger charge is -2.22. The maximum Gasteiger partial charge on any atom is 0.387 e. The van der Waals surface area contributed by atoms with Crippen LogP contribution in [0.4, 0.5) is 13.6 Å². The third-order valence-corrected chi connectivity index (χ3v) is 4.93. The van der Waals surface area contributed by atoms with Crippen molar-refractivity contribution in [1.82, 2.24) is 10.2 Å². The molecule has 4 rings (SSSR count). The molecular weight excluding hydrogens is 402 g/mol. The number of hydrogen-bond donors (Lipinski definition) is 1. The lowest BCUT2D eigenvalue weighted by atomic mass is 9.92. The van der Waals surface area contributed by atoms with Crippen molar-refractivity contribution < 1.29 is 37.4 Å². The van der Waals surface area contributed by atoms with Crippen molar-refractivity contribution in [2.75, 3.05) is 13.3 Å². The maximum atomic E-state index is 12.9. The predicted octanol–water partition coefficient (Wildman–Crippen LogP) is 2.67. The van der Waals surface area contributed by atoms with Gasteiger partial charge in [-0.2, -0.15) is 8.78 Å². The van der Waals surface area contributed by atoms with Crippen LogP contribution in [-0.4, -0.2) is 42.6 Å². The van der Waals surface area contributed by atoms with E-state index in [1.54, 1.807) is 6.07 Å². The summed E-state index contributed by atoms with van der Waals surface area (Å²) in [6.07, 6.45) is 0. The molecule has 2 aliphatic heterocycles. The SMILES string of the molecule is C[C@]1(c2ccc(OC(F)F)cc2)NC(=O)N(CC(=O)c2ccc3c(c2)OCO3)C1=O. The van der Waals surface area contributed by atoms with Gasteiger partial charge in [0.15, 0.2) is 17.3 Å². The van der Waals surface area contributed by atoms with E-state index in [0.717, 1.165) is 4.90 Å². The number of amides is 3. The van der Waals surface area contributed by atoms with E-state index in [1.807, 2.05) is 0 Å². The molecule has 3 amide bonds. The summed E-state index contributed by atoms with van der Waals surface area (Å²) in [5, 5.41) is 2.56. The van der Waals surface area contributed by atoms with Crippen molar-refractivity contribution in [1.29, 1.82) is 0 Å². The Morgan fingerprint density at radius 3 is 2.57 bits per heavy atom. The van der Waals surface area contributed by atoms with E-state index in [2.05, 4.69) is 10.1 Å². The first kappa shape index (κ1) is 19.6. The number of benzene rings is 2. The lowest BCUT2D eigenvalue weighted by Crippen LogP contribution is -2.41. The normalized spacial score (nSPS) is 19.9. The molecule has 8 nitrogen and oxygen atoms in total. The molecule has 0 saturated carbocycles. The van der Waals surface area contributed by atoms with E-state index < -0.39 is 36.4 Å². The van der Waals surface area contributed by atoms with Crippen LogP contribution >= 0.6 is 0 Å². The summed E-state index contributed by atoms with van der Waals surface area (Å²) >= 11 is 0. The van der Waals surface area contributed by atoms with Crippen LogP contribution in [0.2, 0.25) is 0 Å². The molecule has 0 aliphatic carbocycles. The summed E-state index contributed by atoms with van der Waals surface area (Å²) in [5.41, 5.74) is -0.822. The minimum Gasteiger partial charge on any atom is -0.454 e. The summed E-state index contributed by atoms with van der Waals surface area (Å²) in [6.45, 7) is -1.91. The molecule has 1 fully saturated rings. The molecule has 30 heavy (non-hydrogen) atoms. The van der Waals surface area contributed by atoms with Crippen molar-refractivity contribution in [3.63, 3.8) is 0 Å². The molecule has 2 heterocycles. The molecule has 1 saturated heterocycles. The molecule has 2 aliphatic rings. The van der Waals surface area contributed by atoms with Crippen LogP contribution in [0.15, 0.2) is 42.5 Å². The number of carbonyl (C=O) groups excluding carboxylic acids is 3. The molecule has 156 valence electrons. The number of carbonyl (C=O) groups is 3. The largest absolute Gasteiger partial charge is 0.454 e. The summed E-state index contributed by atoms with van der Waals surface area (Å²) < 4.78 is 39.3. The molecule has 1 atom stereocenters. The number of alkyl halides is 2. The molecule has 1 N–H and O–H groups in total. The topological polar surface area (TPSA) is 94.2 Å². The monoisotopic (exact) mass is 418 g/mol. The Bertz CT molecular complexity index is 1030. The van der Waals surface area contributed by atoms with Gasteiger partial charge in [-0.05, 0) is 42.8 Å². The average Bonchev–Trinajstić information content (AvgIpc) is 3.26. The number of nitrogens with one attached hydrogen (secondary N) is 1. The van der Waals surface area contributed by atoms with Crippen LogP contribution < -0.4 is 19.5 Å². The van der Waals surface area contributed by atoms with Gasteiger partial charge in [-0.1, -0.05) is 12.1 Å². The fourth-order valence-electron chi connectivity index (χ4n) is 3.31. The fraction of sp³-hybridized carbons (Fsp3) is 0.250. The van der Waals surface area contributed by atoms with E-state index in [1.165, 1.54) is 43.3 Å². The second-order valence-electron chi connectivity index (χ2n) is 6.84. The van der Waals surface area contributed by atoms with Gasteiger partial charge in [0, 0.05) is 5.56 Å². The van der Waals surface area contributed by atoms with Crippen LogP contribution in [0.5, 0.6) is 17.2 Å². The highest BCUT2D eigenvalue weighted by Gasteiger charge is 2.49. The zero-order chi connectivity index (χ0) is 21.5. The first-order chi connectivity index (χ1) is 14.3. The molecule has 2 aromatic rings. The molecule has 0 spiro atoms. The highest BCUT2D eigenvalue weighted by Crippen LogP contribution is 2.33. The second-order valence-corrected chi connectivity index (χ2v) is 6.84. The number of halogens is 2. The predicted molar refractivity (Wildman–Crippen MR) is 97.6 cm³/mol. The Morgan fingerprint density at radius 2 is 1.87 bits per heavy atom. The summed E-state index contributed by atoms with van der Waals surface area (Å²) in [5.74, 6) is -0.253. The number of ether oxygens (including phenoxy) is 3. The minimum atomic E-state index is -2.98. The van der Waals surface area contributed by atoms with Gasteiger partial charge in [-0.15, -0.1) is 0 Å². The number of ketones is 1. The minimum absolute atomic E-state index is 0.0551. The Kier molecular flexibility index (Phi) is 4.76. The van der Waals surface area contributed by atoms with E-state index in [9.17, 15) is 23.2 Å².